The summed E-state index contributed by atoms with van der Waals surface area (Å²) in [6.07, 6.45) is 3.97. The van der Waals surface area contributed by atoms with Crippen LogP contribution < -0.4 is 16.6 Å². The number of rotatable bonds is 3. The van der Waals surface area contributed by atoms with E-state index in [2.05, 4.69) is 34.0 Å². The third kappa shape index (κ3) is 2.84. The van der Waals surface area contributed by atoms with E-state index < -0.39 is 0 Å². The highest BCUT2D eigenvalue weighted by Gasteiger charge is 2.32. The smallest absolute Gasteiger partial charge is 0.142 e. The average molecular weight is 344 g/mol. The van der Waals surface area contributed by atoms with E-state index in [1.807, 2.05) is 54.3 Å². The molecule has 0 aliphatic carbocycles. The lowest BCUT2D eigenvalue weighted by atomic mass is 9.86. The predicted octanol–water partition coefficient (Wildman–Crippen LogP) is 2.47. The number of nitrogens with zero attached hydrogens (tertiary/aromatic N) is 3. The first-order chi connectivity index (χ1) is 12.7. The highest BCUT2D eigenvalue weighted by Crippen LogP contribution is 2.37. The van der Waals surface area contributed by atoms with Gasteiger partial charge in [-0.3, -0.25) is 5.43 Å². The van der Waals surface area contributed by atoms with Gasteiger partial charge < -0.3 is 10.3 Å². The molecule has 0 spiro atoms. The average Bonchev–Trinajstić information content (AvgIpc) is 3.31. The molecule has 2 unspecified atom stereocenters. The number of hydrogen-bond donors (Lipinski definition) is 3. The van der Waals surface area contributed by atoms with Gasteiger partial charge in [0.25, 0.3) is 0 Å². The lowest BCUT2D eigenvalue weighted by Crippen LogP contribution is -2.24. The Balaban J connectivity index is 1.82. The highest BCUT2D eigenvalue weighted by atomic mass is 15.4. The normalized spacial score (nSPS) is 19.4. The Morgan fingerprint density at radius 3 is 2.77 bits per heavy atom. The maximum atomic E-state index is 9.67. The van der Waals surface area contributed by atoms with Crippen molar-refractivity contribution in [1.29, 1.82) is 5.26 Å². The molecule has 4 rings (SSSR count). The van der Waals surface area contributed by atoms with Crippen LogP contribution in [-0.2, 0) is 7.05 Å². The second kappa shape index (κ2) is 6.64. The summed E-state index contributed by atoms with van der Waals surface area (Å²) in [6, 6.07) is 16.5. The summed E-state index contributed by atoms with van der Waals surface area (Å²) in [5.41, 5.74) is 17.0. The first-order valence-electron chi connectivity index (χ1n) is 8.53. The van der Waals surface area contributed by atoms with E-state index in [9.17, 15) is 5.26 Å². The van der Waals surface area contributed by atoms with E-state index >= 15 is 0 Å². The van der Waals surface area contributed by atoms with Crippen LogP contribution >= 0.6 is 0 Å². The third-order valence-corrected chi connectivity index (χ3v) is 4.86. The number of nitriles is 1. The van der Waals surface area contributed by atoms with Crippen LogP contribution in [0.25, 0.3) is 11.3 Å². The summed E-state index contributed by atoms with van der Waals surface area (Å²) in [6.45, 7) is 0.714. The monoisotopic (exact) mass is 344 g/mol. The minimum Gasteiger partial charge on any atom is -0.383 e. The van der Waals surface area contributed by atoms with Gasteiger partial charge in [-0.1, -0.05) is 30.3 Å². The Labute approximate surface area is 152 Å². The zero-order chi connectivity index (χ0) is 18.1. The largest absolute Gasteiger partial charge is 0.383 e. The van der Waals surface area contributed by atoms with Crippen LogP contribution in [0.4, 0.5) is 5.82 Å². The number of nitrogen functional groups attached to an aromatic ring is 1. The minimum absolute atomic E-state index is 0.0636. The molecule has 1 saturated heterocycles. The Morgan fingerprint density at radius 2 is 2.08 bits per heavy atom. The van der Waals surface area contributed by atoms with Crippen molar-refractivity contribution < 1.29 is 0 Å². The van der Waals surface area contributed by atoms with E-state index in [1.54, 1.807) is 0 Å². The van der Waals surface area contributed by atoms with E-state index in [1.165, 1.54) is 5.56 Å². The summed E-state index contributed by atoms with van der Waals surface area (Å²) in [5, 5.41) is 9.67. The van der Waals surface area contributed by atoms with Crippen molar-refractivity contribution in [3.05, 3.63) is 71.5 Å². The Kier molecular flexibility index (Phi) is 4.17. The molecule has 1 fully saturated rings. The zero-order valence-corrected chi connectivity index (χ0v) is 14.5. The van der Waals surface area contributed by atoms with Gasteiger partial charge in [0.15, 0.2) is 0 Å². The summed E-state index contributed by atoms with van der Waals surface area (Å²) < 4.78 is 1.97. The lowest BCUT2D eigenvalue weighted by Gasteiger charge is -2.21. The minimum atomic E-state index is 0.0636. The van der Waals surface area contributed by atoms with Gasteiger partial charge in [0.1, 0.15) is 11.9 Å². The van der Waals surface area contributed by atoms with Gasteiger partial charge in [-0.05, 0) is 23.3 Å². The van der Waals surface area contributed by atoms with Gasteiger partial charge in [0, 0.05) is 37.5 Å². The molecule has 1 aromatic carbocycles. The number of nitrogens with two attached hydrogens (primary N) is 1. The molecule has 1 aliphatic heterocycles. The van der Waals surface area contributed by atoms with Crippen molar-refractivity contribution >= 4 is 5.82 Å². The summed E-state index contributed by atoms with van der Waals surface area (Å²) in [4.78, 5) is 4.46. The van der Waals surface area contributed by atoms with Gasteiger partial charge in [0.2, 0.25) is 0 Å². The first-order valence-corrected chi connectivity index (χ1v) is 8.53. The molecule has 1 aliphatic rings. The van der Waals surface area contributed by atoms with Crippen molar-refractivity contribution in [3.63, 3.8) is 0 Å². The molecule has 6 heteroatoms. The van der Waals surface area contributed by atoms with E-state index in [0.29, 0.717) is 12.1 Å². The molecule has 2 atom stereocenters. The number of aromatic nitrogens is 2. The van der Waals surface area contributed by atoms with Crippen molar-refractivity contribution in [2.75, 3.05) is 12.3 Å². The molecule has 6 nitrogen and oxygen atoms in total. The number of aryl methyl sites for hydroxylation is 1. The lowest BCUT2D eigenvalue weighted by molar-refractivity contribution is 0.554. The fourth-order valence-electron chi connectivity index (χ4n) is 3.57. The molecular formula is C20H20N6. The molecule has 3 aromatic rings. The first kappa shape index (κ1) is 16.3. The van der Waals surface area contributed by atoms with Crippen LogP contribution in [0.2, 0.25) is 0 Å². The zero-order valence-electron chi connectivity index (χ0n) is 14.5. The van der Waals surface area contributed by atoms with Crippen LogP contribution in [0.15, 0.2) is 54.9 Å². The second-order valence-corrected chi connectivity index (χ2v) is 6.55. The Hall–Kier alpha value is -3.14. The third-order valence-electron chi connectivity index (χ3n) is 4.86. The van der Waals surface area contributed by atoms with Gasteiger partial charge >= 0.3 is 0 Å². The quantitative estimate of drug-likeness (QED) is 0.679. The fraction of sp³-hybridized carbons (Fsp3) is 0.200. The second-order valence-electron chi connectivity index (χ2n) is 6.55. The van der Waals surface area contributed by atoms with Crippen LogP contribution in [0.1, 0.15) is 28.7 Å². The summed E-state index contributed by atoms with van der Waals surface area (Å²) in [7, 11) is 1.97. The standard InChI is InChI=1S/C20H20N6/c1-26-8-7-14(12-26)18-9-15(16(10-21)20(22)24-18)17-11-23-25-19(17)13-5-3-2-4-6-13/h2-9,12,17,19,23,25H,11H2,1H3,(H2,22,24). The highest BCUT2D eigenvalue weighted by molar-refractivity contribution is 5.67. The number of pyridine rings is 1. The van der Waals surface area contributed by atoms with Crippen LogP contribution in [0.5, 0.6) is 0 Å². The molecule has 0 amide bonds. The molecule has 0 saturated carbocycles. The molecule has 4 N–H and O–H groups in total. The van der Waals surface area contributed by atoms with Crippen molar-refractivity contribution in [1.82, 2.24) is 20.4 Å². The van der Waals surface area contributed by atoms with Crippen molar-refractivity contribution in [2.45, 2.75) is 12.0 Å². The predicted molar refractivity (Wildman–Crippen MR) is 101 cm³/mol. The van der Waals surface area contributed by atoms with Crippen LogP contribution in [0.3, 0.4) is 0 Å². The molecule has 3 heterocycles. The SMILES string of the molecule is Cn1ccc(-c2cc(C3CNNC3c3ccccc3)c(C#N)c(N)n2)c1. The topological polar surface area (TPSA) is 91.7 Å². The summed E-state index contributed by atoms with van der Waals surface area (Å²) >= 11 is 0. The molecular weight excluding hydrogens is 324 g/mol. The van der Waals surface area contributed by atoms with E-state index in [4.69, 9.17) is 5.73 Å². The van der Waals surface area contributed by atoms with Crippen molar-refractivity contribution in [3.8, 4) is 17.3 Å². The van der Waals surface area contributed by atoms with Gasteiger partial charge in [-0.2, -0.15) is 5.26 Å². The van der Waals surface area contributed by atoms with E-state index in [-0.39, 0.29) is 17.8 Å². The Bertz CT molecular complexity index is 970. The van der Waals surface area contributed by atoms with Crippen molar-refractivity contribution in [2.24, 2.45) is 7.05 Å². The van der Waals surface area contributed by atoms with E-state index in [0.717, 1.165) is 16.8 Å². The van der Waals surface area contributed by atoms with Gasteiger partial charge in [-0.25, -0.2) is 10.4 Å². The molecule has 0 radical (unpaired) electrons. The Morgan fingerprint density at radius 1 is 1.27 bits per heavy atom. The molecule has 2 aromatic heterocycles. The number of hydrazine groups is 1. The number of nitrogens with one attached hydrogen (secondary N) is 2. The fourth-order valence-corrected chi connectivity index (χ4v) is 3.57. The number of benzene rings is 1. The van der Waals surface area contributed by atoms with Gasteiger partial charge in [0.05, 0.1) is 17.3 Å². The number of hydrogen-bond acceptors (Lipinski definition) is 5. The van der Waals surface area contributed by atoms with Crippen LogP contribution in [-0.4, -0.2) is 16.1 Å². The number of anilines is 1. The molecule has 0 bridgehead atoms. The maximum absolute atomic E-state index is 9.67. The van der Waals surface area contributed by atoms with Gasteiger partial charge in [-0.15, -0.1) is 0 Å². The van der Waals surface area contributed by atoms with Crippen LogP contribution in [0, 0.1) is 11.3 Å². The molecule has 26 heavy (non-hydrogen) atoms. The summed E-state index contributed by atoms with van der Waals surface area (Å²) in [5.74, 6) is 0.363. The molecule has 130 valence electrons. The maximum Gasteiger partial charge on any atom is 0.142 e.